The zero-order chi connectivity index (χ0) is 14.6. The second kappa shape index (κ2) is 11.6. The van der Waals surface area contributed by atoms with Gasteiger partial charge in [-0.2, -0.15) is 0 Å². The molecule has 0 spiro atoms. The lowest BCUT2D eigenvalue weighted by Crippen LogP contribution is -1.95. The van der Waals surface area contributed by atoms with Crippen molar-refractivity contribution in [2.75, 3.05) is 0 Å². The minimum Gasteiger partial charge on any atom is -0.370 e. The predicted molar refractivity (Wildman–Crippen MR) is 89.2 cm³/mol. The van der Waals surface area contributed by atoms with E-state index in [0.29, 0.717) is 12.2 Å². The number of ether oxygens (including phenoxy) is 1. The van der Waals surface area contributed by atoms with E-state index in [9.17, 15) is 0 Å². The van der Waals surface area contributed by atoms with Crippen molar-refractivity contribution in [3.63, 3.8) is 0 Å². The van der Waals surface area contributed by atoms with Crippen molar-refractivity contribution < 1.29 is 4.74 Å². The molecule has 0 N–H and O–H groups in total. The Bertz CT molecular complexity index is 212. The summed E-state index contributed by atoms with van der Waals surface area (Å²) < 4.78 is 5.78. The summed E-state index contributed by atoms with van der Waals surface area (Å²) in [5.41, 5.74) is 0. The second-order valence-corrected chi connectivity index (χ2v) is 7.15. The molecule has 0 aromatic carbocycles. The smallest absolute Gasteiger partial charge is 0.0841 e. The Labute approximate surface area is 127 Å². The quantitative estimate of drug-likeness (QED) is 0.261. The number of rotatable bonds is 14. The topological polar surface area (TPSA) is 12.5 Å². The van der Waals surface area contributed by atoms with Gasteiger partial charge in [0.05, 0.1) is 12.2 Å². The highest BCUT2D eigenvalue weighted by Gasteiger charge is 2.36. The largest absolute Gasteiger partial charge is 0.370 e. The summed E-state index contributed by atoms with van der Waals surface area (Å²) >= 11 is 0. The van der Waals surface area contributed by atoms with Crippen LogP contribution in [-0.4, -0.2) is 12.2 Å². The molecule has 1 rings (SSSR count). The van der Waals surface area contributed by atoms with E-state index in [1.807, 2.05) is 0 Å². The minimum atomic E-state index is 0.631. The van der Waals surface area contributed by atoms with E-state index >= 15 is 0 Å². The van der Waals surface area contributed by atoms with Gasteiger partial charge in [0.15, 0.2) is 0 Å². The summed E-state index contributed by atoms with van der Waals surface area (Å²) in [5.74, 6) is 0.864. The maximum absolute atomic E-state index is 5.78. The van der Waals surface area contributed by atoms with E-state index in [4.69, 9.17) is 4.74 Å². The van der Waals surface area contributed by atoms with E-state index in [2.05, 4.69) is 20.8 Å². The zero-order valence-electron chi connectivity index (χ0n) is 14.3. The summed E-state index contributed by atoms with van der Waals surface area (Å²) in [6.45, 7) is 6.92. The fraction of sp³-hybridized carbons (Fsp3) is 1.00. The fourth-order valence-corrected chi connectivity index (χ4v) is 3.06. The molecule has 1 heteroatoms. The number of unbranched alkanes of at least 4 members (excludes halogenated alkanes) is 8. The molecule has 0 aromatic rings. The van der Waals surface area contributed by atoms with Gasteiger partial charge < -0.3 is 4.74 Å². The normalized spacial score (nSPS) is 21.6. The maximum atomic E-state index is 5.78. The standard InChI is InChI=1S/C19H38O/c1-4-5-6-7-8-9-10-11-15-18-19(20-18)16-13-12-14-17(2)3/h17-19H,4-16H2,1-3H3/t18-,19-/m0/s1. The van der Waals surface area contributed by atoms with Crippen molar-refractivity contribution >= 4 is 0 Å². The van der Waals surface area contributed by atoms with Crippen LogP contribution < -0.4 is 0 Å². The summed E-state index contributed by atoms with van der Waals surface area (Å²) in [4.78, 5) is 0. The Morgan fingerprint density at radius 3 is 1.75 bits per heavy atom. The van der Waals surface area contributed by atoms with Crippen molar-refractivity contribution in [3.05, 3.63) is 0 Å². The molecule has 1 nitrogen and oxygen atoms in total. The highest BCUT2D eigenvalue weighted by atomic mass is 16.6. The van der Waals surface area contributed by atoms with Crippen LogP contribution in [0, 0.1) is 5.92 Å². The molecular formula is C19H38O. The molecule has 0 radical (unpaired) electrons. The molecule has 120 valence electrons. The van der Waals surface area contributed by atoms with Crippen LogP contribution in [0.5, 0.6) is 0 Å². The maximum Gasteiger partial charge on any atom is 0.0841 e. The molecule has 0 aliphatic carbocycles. The molecule has 0 saturated carbocycles. The molecule has 1 heterocycles. The molecule has 1 fully saturated rings. The summed E-state index contributed by atoms with van der Waals surface area (Å²) in [7, 11) is 0. The number of epoxide rings is 1. The lowest BCUT2D eigenvalue weighted by atomic mass is 10.0. The summed E-state index contributed by atoms with van der Waals surface area (Å²) in [5, 5.41) is 0. The van der Waals surface area contributed by atoms with E-state index in [0.717, 1.165) is 5.92 Å². The molecule has 0 unspecified atom stereocenters. The zero-order valence-corrected chi connectivity index (χ0v) is 14.3. The molecule has 20 heavy (non-hydrogen) atoms. The molecule has 0 bridgehead atoms. The van der Waals surface area contributed by atoms with Gasteiger partial charge in [-0.15, -0.1) is 0 Å². The van der Waals surface area contributed by atoms with E-state index in [1.54, 1.807) is 0 Å². The van der Waals surface area contributed by atoms with E-state index in [1.165, 1.54) is 83.5 Å². The predicted octanol–water partition coefficient (Wildman–Crippen LogP) is 6.50. The van der Waals surface area contributed by atoms with Crippen LogP contribution in [0.1, 0.15) is 104 Å². The lowest BCUT2D eigenvalue weighted by molar-refractivity contribution is 0.346. The van der Waals surface area contributed by atoms with E-state index in [-0.39, 0.29) is 0 Å². The van der Waals surface area contributed by atoms with Crippen LogP contribution >= 0.6 is 0 Å². The third-order valence-corrected chi connectivity index (χ3v) is 4.55. The molecule has 0 amide bonds. The van der Waals surface area contributed by atoms with Crippen LogP contribution in [0.4, 0.5) is 0 Å². The molecule has 1 saturated heterocycles. The first kappa shape index (κ1) is 18.0. The van der Waals surface area contributed by atoms with Gasteiger partial charge in [-0.25, -0.2) is 0 Å². The van der Waals surface area contributed by atoms with Crippen LogP contribution in [0.25, 0.3) is 0 Å². The van der Waals surface area contributed by atoms with Gasteiger partial charge in [0.1, 0.15) is 0 Å². The first-order chi connectivity index (χ1) is 9.74. The molecule has 2 atom stereocenters. The third kappa shape index (κ3) is 9.80. The van der Waals surface area contributed by atoms with Crippen molar-refractivity contribution in [1.29, 1.82) is 0 Å². The Morgan fingerprint density at radius 1 is 0.700 bits per heavy atom. The average molecular weight is 283 g/mol. The van der Waals surface area contributed by atoms with Gasteiger partial charge in [-0.1, -0.05) is 91.4 Å². The van der Waals surface area contributed by atoms with Crippen molar-refractivity contribution in [3.8, 4) is 0 Å². The first-order valence-electron chi connectivity index (χ1n) is 9.39. The Hall–Kier alpha value is -0.0400. The molecule has 1 aliphatic heterocycles. The van der Waals surface area contributed by atoms with E-state index < -0.39 is 0 Å². The Kier molecular flexibility index (Phi) is 10.4. The van der Waals surface area contributed by atoms with Crippen LogP contribution in [0.3, 0.4) is 0 Å². The molecule has 1 aliphatic rings. The van der Waals surface area contributed by atoms with Gasteiger partial charge in [-0.05, 0) is 18.8 Å². The highest BCUT2D eigenvalue weighted by molar-refractivity contribution is 4.84. The summed E-state index contributed by atoms with van der Waals surface area (Å²) in [6, 6.07) is 0. The second-order valence-electron chi connectivity index (χ2n) is 7.15. The van der Waals surface area contributed by atoms with Crippen LogP contribution in [0.2, 0.25) is 0 Å². The monoisotopic (exact) mass is 282 g/mol. The first-order valence-corrected chi connectivity index (χ1v) is 9.39. The van der Waals surface area contributed by atoms with Gasteiger partial charge in [-0.3, -0.25) is 0 Å². The van der Waals surface area contributed by atoms with Gasteiger partial charge in [0.2, 0.25) is 0 Å². The van der Waals surface area contributed by atoms with Gasteiger partial charge >= 0.3 is 0 Å². The average Bonchev–Trinajstić information content (AvgIpc) is 3.16. The molecule has 0 aromatic heterocycles. The SMILES string of the molecule is CCCCCCCCCC[C@@H]1O[C@H]1CCCCC(C)C. The fourth-order valence-electron chi connectivity index (χ4n) is 3.06. The molecular weight excluding hydrogens is 244 g/mol. The van der Waals surface area contributed by atoms with Crippen LogP contribution in [0.15, 0.2) is 0 Å². The van der Waals surface area contributed by atoms with Crippen molar-refractivity contribution in [1.82, 2.24) is 0 Å². The minimum absolute atomic E-state index is 0.631. The summed E-state index contributed by atoms with van der Waals surface area (Å²) in [6.07, 6.45) is 19.4. The van der Waals surface area contributed by atoms with Crippen molar-refractivity contribution in [2.45, 2.75) is 116 Å². The Morgan fingerprint density at radius 2 is 1.20 bits per heavy atom. The number of hydrogen-bond acceptors (Lipinski definition) is 1. The number of hydrogen-bond donors (Lipinski definition) is 0. The van der Waals surface area contributed by atoms with Gasteiger partial charge in [0.25, 0.3) is 0 Å². The third-order valence-electron chi connectivity index (χ3n) is 4.55. The highest BCUT2D eigenvalue weighted by Crippen LogP contribution is 2.31. The van der Waals surface area contributed by atoms with Gasteiger partial charge in [0, 0.05) is 0 Å². The van der Waals surface area contributed by atoms with Crippen LogP contribution in [-0.2, 0) is 4.74 Å². The lowest BCUT2D eigenvalue weighted by Gasteiger charge is -2.02. The Balaban J connectivity index is 1.76. The van der Waals surface area contributed by atoms with Crippen molar-refractivity contribution in [2.24, 2.45) is 5.92 Å².